The average molecular weight is 246 g/mol. The molecule has 1 aliphatic rings. The van der Waals surface area contributed by atoms with Crippen molar-refractivity contribution >= 4 is 28.6 Å². The third kappa shape index (κ3) is 1.63. The summed E-state index contributed by atoms with van der Waals surface area (Å²) in [6.45, 7) is 0.333. The number of H-pyrrole nitrogens is 1. The van der Waals surface area contributed by atoms with Crippen LogP contribution >= 0.6 is 0 Å². The first-order valence-corrected chi connectivity index (χ1v) is 5.32. The molecule has 18 heavy (non-hydrogen) atoms. The lowest BCUT2D eigenvalue weighted by molar-refractivity contribution is -0.116. The molecule has 0 saturated carbocycles. The quantitative estimate of drug-likeness (QED) is 0.828. The third-order valence-electron chi connectivity index (χ3n) is 2.55. The Labute approximate surface area is 102 Å². The lowest BCUT2D eigenvalue weighted by atomic mass is 10.3. The molecular weight excluding hydrogens is 236 g/mol. The van der Waals surface area contributed by atoms with E-state index in [2.05, 4.69) is 25.0 Å². The molecule has 0 spiro atoms. The van der Waals surface area contributed by atoms with Gasteiger partial charge in [0.15, 0.2) is 11.5 Å². The number of hydrogen-bond donors (Lipinski definition) is 1. The van der Waals surface area contributed by atoms with Crippen LogP contribution in [0.15, 0.2) is 17.8 Å². The van der Waals surface area contributed by atoms with Gasteiger partial charge >= 0.3 is 0 Å². The van der Waals surface area contributed by atoms with Crippen molar-refractivity contribution in [3.05, 3.63) is 12.7 Å². The van der Waals surface area contributed by atoms with E-state index in [0.29, 0.717) is 29.3 Å². The summed E-state index contributed by atoms with van der Waals surface area (Å²) in [6, 6.07) is 0. The minimum atomic E-state index is -0.142. The second-order valence-corrected chi connectivity index (χ2v) is 3.78. The summed E-state index contributed by atoms with van der Waals surface area (Å²) in [5.74, 6) is 0.269. The molecule has 0 saturated heterocycles. The predicted molar refractivity (Wildman–Crippen MR) is 63.1 cm³/mol. The second kappa shape index (κ2) is 4.15. The maximum atomic E-state index is 11.9. The summed E-state index contributed by atoms with van der Waals surface area (Å²) in [5.41, 5.74) is 1.77. The monoisotopic (exact) mass is 246 g/mol. The second-order valence-electron chi connectivity index (χ2n) is 3.78. The molecule has 2 aromatic rings. The highest BCUT2D eigenvalue weighted by atomic mass is 16.5. The average Bonchev–Trinajstić information content (AvgIpc) is 2.95. The van der Waals surface area contributed by atoms with E-state index in [1.165, 1.54) is 17.7 Å². The molecule has 8 heteroatoms. The largest absolute Gasteiger partial charge is 0.379 e. The molecule has 0 bridgehead atoms. The Morgan fingerprint density at radius 2 is 2.33 bits per heavy atom. The van der Waals surface area contributed by atoms with Crippen LogP contribution in [0, 0.1) is 0 Å². The number of hydrogen-bond acceptors (Lipinski definition) is 6. The van der Waals surface area contributed by atoms with Crippen molar-refractivity contribution in [2.24, 2.45) is 5.10 Å². The third-order valence-corrected chi connectivity index (χ3v) is 2.55. The standard InChI is InChI=1S/C10H10N6O2/c1-18-3-6-2-7(17)16(15-6)10-8-9(12-4-11-8)13-5-14-10/h4-5H,2-3H2,1H3,(H,11,12,13,14). The summed E-state index contributed by atoms with van der Waals surface area (Å²) in [7, 11) is 1.56. The van der Waals surface area contributed by atoms with Crippen molar-refractivity contribution in [2.75, 3.05) is 18.7 Å². The highest BCUT2D eigenvalue weighted by Crippen LogP contribution is 2.23. The normalized spacial score (nSPS) is 15.5. The lowest BCUT2D eigenvalue weighted by Gasteiger charge is -2.10. The lowest BCUT2D eigenvalue weighted by Crippen LogP contribution is -2.21. The molecule has 0 aromatic carbocycles. The van der Waals surface area contributed by atoms with Crippen molar-refractivity contribution < 1.29 is 9.53 Å². The highest BCUT2D eigenvalue weighted by Gasteiger charge is 2.28. The maximum Gasteiger partial charge on any atom is 0.254 e. The Morgan fingerprint density at radius 3 is 3.17 bits per heavy atom. The minimum Gasteiger partial charge on any atom is -0.379 e. The summed E-state index contributed by atoms with van der Waals surface area (Å²) in [5, 5.41) is 5.46. The zero-order valence-corrected chi connectivity index (χ0v) is 9.62. The molecule has 0 radical (unpaired) electrons. The van der Waals surface area contributed by atoms with Crippen molar-refractivity contribution in [3.8, 4) is 0 Å². The topological polar surface area (TPSA) is 96.4 Å². The number of rotatable bonds is 3. The van der Waals surface area contributed by atoms with Crippen LogP contribution in [0.4, 0.5) is 5.82 Å². The van der Waals surface area contributed by atoms with Crippen LogP contribution in [-0.4, -0.2) is 45.3 Å². The van der Waals surface area contributed by atoms with Crippen LogP contribution < -0.4 is 5.01 Å². The number of methoxy groups -OCH3 is 1. The van der Waals surface area contributed by atoms with Crippen LogP contribution in [-0.2, 0) is 9.53 Å². The van der Waals surface area contributed by atoms with E-state index in [0.717, 1.165) is 0 Å². The molecule has 0 atom stereocenters. The molecule has 1 aliphatic heterocycles. The molecule has 92 valence electrons. The molecule has 0 aliphatic carbocycles. The van der Waals surface area contributed by atoms with Crippen LogP contribution in [0.1, 0.15) is 6.42 Å². The molecule has 0 unspecified atom stereocenters. The van der Waals surface area contributed by atoms with Gasteiger partial charge in [0.25, 0.3) is 5.91 Å². The van der Waals surface area contributed by atoms with Crippen LogP contribution in [0.5, 0.6) is 0 Å². The molecule has 0 fully saturated rings. The van der Waals surface area contributed by atoms with Crippen molar-refractivity contribution in [1.29, 1.82) is 0 Å². The van der Waals surface area contributed by atoms with E-state index in [1.807, 2.05) is 0 Å². The smallest absolute Gasteiger partial charge is 0.254 e. The number of carbonyl (C=O) groups excluding carboxylic acids is 1. The molecule has 1 N–H and O–H groups in total. The number of amides is 1. The number of fused-ring (bicyclic) bond motifs is 1. The first kappa shape index (κ1) is 10.8. The number of aromatic amines is 1. The van der Waals surface area contributed by atoms with Gasteiger partial charge in [-0.15, -0.1) is 0 Å². The van der Waals surface area contributed by atoms with Crippen molar-refractivity contribution in [3.63, 3.8) is 0 Å². The molecule has 3 rings (SSSR count). The highest BCUT2D eigenvalue weighted by molar-refractivity contribution is 6.14. The van der Waals surface area contributed by atoms with Gasteiger partial charge in [0.05, 0.1) is 25.1 Å². The first-order chi connectivity index (χ1) is 8.79. The van der Waals surface area contributed by atoms with Gasteiger partial charge in [0.1, 0.15) is 11.8 Å². The number of anilines is 1. The van der Waals surface area contributed by atoms with Crippen LogP contribution in [0.25, 0.3) is 11.2 Å². The number of carbonyl (C=O) groups is 1. The van der Waals surface area contributed by atoms with E-state index >= 15 is 0 Å². The summed E-state index contributed by atoms with van der Waals surface area (Å²) >= 11 is 0. The fourth-order valence-electron chi connectivity index (χ4n) is 1.81. The molecular formula is C10H10N6O2. The van der Waals surface area contributed by atoms with Gasteiger partial charge in [-0.1, -0.05) is 0 Å². The van der Waals surface area contributed by atoms with Crippen molar-refractivity contribution in [1.82, 2.24) is 19.9 Å². The fraction of sp³-hybridized carbons (Fsp3) is 0.300. The Bertz CT molecular complexity index is 634. The molecule has 3 heterocycles. The zero-order valence-electron chi connectivity index (χ0n) is 9.62. The minimum absolute atomic E-state index is 0.142. The Balaban J connectivity index is 2.04. The Hall–Kier alpha value is -2.35. The summed E-state index contributed by atoms with van der Waals surface area (Å²) in [6.07, 6.45) is 3.10. The first-order valence-electron chi connectivity index (χ1n) is 5.32. The summed E-state index contributed by atoms with van der Waals surface area (Å²) in [4.78, 5) is 26.9. The molecule has 2 aromatic heterocycles. The van der Waals surface area contributed by atoms with Gasteiger partial charge in [-0.2, -0.15) is 10.1 Å². The van der Waals surface area contributed by atoms with E-state index in [9.17, 15) is 4.79 Å². The van der Waals surface area contributed by atoms with Gasteiger partial charge < -0.3 is 9.72 Å². The van der Waals surface area contributed by atoms with Gasteiger partial charge in [0, 0.05) is 7.11 Å². The summed E-state index contributed by atoms with van der Waals surface area (Å²) < 4.78 is 4.97. The zero-order chi connectivity index (χ0) is 12.5. The number of hydrazone groups is 1. The van der Waals surface area contributed by atoms with Crippen molar-refractivity contribution in [2.45, 2.75) is 6.42 Å². The number of aromatic nitrogens is 4. The van der Waals surface area contributed by atoms with Gasteiger partial charge in [-0.25, -0.2) is 15.0 Å². The Morgan fingerprint density at radius 1 is 1.44 bits per heavy atom. The predicted octanol–water partition coefficient (Wildman–Crippen LogP) is 0.0920. The van der Waals surface area contributed by atoms with E-state index in [4.69, 9.17) is 4.74 Å². The van der Waals surface area contributed by atoms with Gasteiger partial charge in [-0.3, -0.25) is 4.79 Å². The van der Waals surface area contributed by atoms with Crippen LogP contribution in [0.2, 0.25) is 0 Å². The number of ether oxygens (including phenoxy) is 1. The van der Waals surface area contributed by atoms with E-state index in [1.54, 1.807) is 7.11 Å². The van der Waals surface area contributed by atoms with E-state index < -0.39 is 0 Å². The van der Waals surface area contributed by atoms with Gasteiger partial charge in [0.2, 0.25) is 0 Å². The number of nitrogens with zero attached hydrogens (tertiary/aromatic N) is 5. The number of nitrogens with one attached hydrogen (secondary N) is 1. The SMILES string of the molecule is COCC1=NN(c2ncnc3nc[nH]c23)C(=O)C1. The molecule has 1 amide bonds. The van der Waals surface area contributed by atoms with Gasteiger partial charge in [-0.05, 0) is 0 Å². The Kier molecular flexibility index (Phi) is 2.49. The molecule has 8 nitrogen and oxygen atoms in total. The van der Waals surface area contributed by atoms with E-state index in [-0.39, 0.29) is 12.3 Å². The number of imidazole rings is 1. The fourth-order valence-corrected chi connectivity index (χ4v) is 1.81. The van der Waals surface area contributed by atoms with Crippen LogP contribution in [0.3, 0.4) is 0 Å². The maximum absolute atomic E-state index is 11.9.